The zero-order valence-corrected chi connectivity index (χ0v) is 19.0. The smallest absolute Gasteiger partial charge is 0.250 e. The van der Waals surface area contributed by atoms with E-state index in [4.69, 9.17) is 11.6 Å². The summed E-state index contributed by atoms with van der Waals surface area (Å²) in [5.41, 5.74) is 0.413. The minimum Gasteiger partial charge on any atom is -0.504 e. The average molecular weight is 482 g/mol. The predicted octanol–water partition coefficient (Wildman–Crippen LogP) is 2.66. The number of halogens is 1. The van der Waals surface area contributed by atoms with Crippen LogP contribution in [0.4, 0.5) is 5.69 Å². The first kappa shape index (κ1) is 21.4. The van der Waals surface area contributed by atoms with Crippen LogP contribution >= 0.6 is 11.6 Å². The van der Waals surface area contributed by atoms with Crippen molar-refractivity contribution >= 4 is 35.0 Å². The van der Waals surface area contributed by atoms with Crippen LogP contribution in [0.25, 0.3) is 0 Å². The zero-order chi connectivity index (χ0) is 23.8. The number of aromatic hydroxyl groups is 2. The summed E-state index contributed by atoms with van der Waals surface area (Å²) in [4.78, 5) is 42.5. The van der Waals surface area contributed by atoms with Crippen LogP contribution in [0.1, 0.15) is 36.8 Å². The predicted molar refractivity (Wildman–Crippen MR) is 123 cm³/mol. The summed E-state index contributed by atoms with van der Waals surface area (Å²) in [6.45, 7) is 0. The number of phenolic OH excluding ortho intramolecular Hbond substituents is 2. The fourth-order valence-electron chi connectivity index (χ4n) is 6.44. The molecule has 0 aromatic heterocycles. The number of hydrogen-bond donors (Lipinski definition) is 4. The number of fused-ring (bicyclic) bond motifs is 4. The van der Waals surface area contributed by atoms with Gasteiger partial charge >= 0.3 is 0 Å². The van der Waals surface area contributed by atoms with Gasteiger partial charge in [0.25, 0.3) is 0 Å². The molecular formula is C25H24ClN3O5. The van der Waals surface area contributed by atoms with Gasteiger partial charge in [0.2, 0.25) is 17.7 Å². The van der Waals surface area contributed by atoms with Gasteiger partial charge in [-0.25, -0.2) is 0 Å². The van der Waals surface area contributed by atoms with Crippen LogP contribution < -0.4 is 10.6 Å². The number of amides is 3. The molecule has 1 spiro atoms. The highest BCUT2D eigenvalue weighted by Crippen LogP contribution is 2.54. The maximum absolute atomic E-state index is 13.9. The minimum absolute atomic E-state index is 0.135. The van der Waals surface area contributed by atoms with Gasteiger partial charge in [0.15, 0.2) is 11.5 Å². The number of nitrogens with one attached hydrogen (secondary N) is 2. The highest BCUT2D eigenvalue weighted by molar-refractivity contribution is 6.31. The quantitative estimate of drug-likeness (QED) is 0.395. The maximum atomic E-state index is 13.9. The summed E-state index contributed by atoms with van der Waals surface area (Å²) in [7, 11) is 0. The highest BCUT2D eigenvalue weighted by atomic mass is 35.5. The molecule has 9 heteroatoms. The number of likely N-dealkylation sites (tertiary alicyclic amines) is 1. The van der Waals surface area contributed by atoms with Gasteiger partial charge in [0, 0.05) is 28.4 Å². The molecule has 0 radical (unpaired) electrons. The van der Waals surface area contributed by atoms with Crippen LogP contribution in [-0.4, -0.2) is 44.9 Å². The largest absolute Gasteiger partial charge is 0.504 e. The van der Waals surface area contributed by atoms with Crippen LogP contribution in [0, 0.1) is 11.8 Å². The zero-order valence-electron chi connectivity index (χ0n) is 18.3. The Balaban J connectivity index is 1.47. The van der Waals surface area contributed by atoms with Gasteiger partial charge in [-0.2, -0.15) is 0 Å². The lowest BCUT2D eigenvalue weighted by molar-refractivity contribution is -0.145. The van der Waals surface area contributed by atoms with Crippen molar-refractivity contribution in [2.45, 2.75) is 49.7 Å². The average Bonchev–Trinajstić information content (AvgIpc) is 3.54. The standard InChI is InChI=1S/C25H24ClN3O5/c26-13-6-7-16-15(11-13)25(24(34)27-16)21-20(22(32)29(23(21)33)14-3-1-2-4-14)17(28-25)9-12-5-8-18(30)19(31)10-12/h5-8,10-11,14,17,20-21,28,30-31H,1-4,9H2,(H,27,34)/t17?,20-,21+,25?/m1/s1. The molecule has 0 bridgehead atoms. The van der Waals surface area contributed by atoms with Crippen molar-refractivity contribution in [3.63, 3.8) is 0 Å². The van der Waals surface area contributed by atoms with E-state index in [0.717, 1.165) is 25.7 Å². The monoisotopic (exact) mass is 481 g/mol. The SMILES string of the molecule is O=C1[C@@H]2C(Cc3ccc(O)c(O)c3)NC3(C(=O)Nc4ccc(Cl)cc43)[C@@H]2C(=O)N1C1CCCC1. The molecule has 3 aliphatic heterocycles. The molecule has 6 rings (SSSR count). The summed E-state index contributed by atoms with van der Waals surface area (Å²) >= 11 is 6.29. The van der Waals surface area contributed by atoms with Gasteiger partial charge in [-0.15, -0.1) is 0 Å². The molecule has 1 aliphatic carbocycles. The van der Waals surface area contributed by atoms with Crippen molar-refractivity contribution in [3.05, 3.63) is 52.5 Å². The third-order valence-corrected chi connectivity index (χ3v) is 8.13. The third kappa shape index (κ3) is 2.85. The van der Waals surface area contributed by atoms with Gasteiger partial charge in [0.05, 0.1) is 11.8 Å². The van der Waals surface area contributed by atoms with E-state index in [1.54, 1.807) is 24.3 Å². The summed E-state index contributed by atoms with van der Waals surface area (Å²) in [6.07, 6.45) is 3.79. The molecule has 4 N–H and O–H groups in total. The number of nitrogens with zero attached hydrogens (tertiary/aromatic N) is 1. The van der Waals surface area contributed by atoms with E-state index in [-0.39, 0.29) is 41.7 Å². The van der Waals surface area contributed by atoms with Crippen LogP contribution in [0.15, 0.2) is 36.4 Å². The lowest BCUT2D eigenvalue weighted by atomic mass is 9.76. The molecule has 2 aromatic rings. The molecule has 3 fully saturated rings. The topological polar surface area (TPSA) is 119 Å². The van der Waals surface area contributed by atoms with Gasteiger partial charge in [0.1, 0.15) is 5.54 Å². The Morgan fingerprint density at radius 1 is 1.00 bits per heavy atom. The molecule has 3 heterocycles. The Morgan fingerprint density at radius 2 is 1.76 bits per heavy atom. The first-order valence-electron chi connectivity index (χ1n) is 11.6. The Labute approximate surface area is 200 Å². The summed E-state index contributed by atoms with van der Waals surface area (Å²) in [6, 6.07) is 8.88. The van der Waals surface area contributed by atoms with Crippen molar-refractivity contribution in [1.82, 2.24) is 10.2 Å². The molecule has 4 atom stereocenters. The highest BCUT2D eigenvalue weighted by Gasteiger charge is 2.70. The van der Waals surface area contributed by atoms with E-state index in [9.17, 15) is 24.6 Å². The number of anilines is 1. The first-order chi connectivity index (χ1) is 16.3. The molecule has 2 aromatic carbocycles. The van der Waals surface area contributed by atoms with Crippen LogP contribution in [0.2, 0.25) is 5.02 Å². The molecule has 1 saturated carbocycles. The number of phenols is 2. The maximum Gasteiger partial charge on any atom is 0.250 e. The second-order valence-corrected chi connectivity index (χ2v) is 10.2. The van der Waals surface area contributed by atoms with Gasteiger partial charge < -0.3 is 15.5 Å². The lowest BCUT2D eigenvalue weighted by Gasteiger charge is -2.31. The molecule has 2 unspecified atom stereocenters. The number of carbonyl (C=O) groups is 3. The fraction of sp³-hybridized carbons (Fsp3) is 0.400. The van der Waals surface area contributed by atoms with Crippen LogP contribution in [0.5, 0.6) is 11.5 Å². The molecule has 34 heavy (non-hydrogen) atoms. The van der Waals surface area contributed by atoms with E-state index < -0.39 is 23.4 Å². The summed E-state index contributed by atoms with van der Waals surface area (Å²) in [5, 5.41) is 26.3. The van der Waals surface area contributed by atoms with Crippen molar-refractivity contribution in [3.8, 4) is 11.5 Å². The van der Waals surface area contributed by atoms with Gasteiger partial charge in [-0.05, 0) is 55.2 Å². The Morgan fingerprint density at radius 3 is 2.50 bits per heavy atom. The second kappa shape index (κ2) is 7.45. The van der Waals surface area contributed by atoms with Gasteiger partial charge in [-0.3, -0.25) is 24.6 Å². The molecule has 8 nitrogen and oxygen atoms in total. The van der Waals surface area contributed by atoms with Crippen molar-refractivity contribution in [2.24, 2.45) is 11.8 Å². The van der Waals surface area contributed by atoms with E-state index in [1.165, 1.54) is 17.0 Å². The van der Waals surface area contributed by atoms with Crippen molar-refractivity contribution < 1.29 is 24.6 Å². The Hall–Kier alpha value is -3.10. The first-order valence-corrected chi connectivity index (χ1v) is 12.0. The number of hydrogen-bond acceptors (Lipinski definition) is 6. The third-order valence-electron chi connectivity index (χ3n) is 7.90. The second-order valence-electron chi connectivity index (χ2n) is 9.72. The van der Waals surface area contributed by atoms with E-state index in [0.29, 0.717) is 21.8 Å². The normalized spacial score (nSPS) is 30.3. The molecular weight excluding hydrogens is 458 g/mol. The van der Waals surface area contributed by atoms with E-state index >= 15 is 0 Å². The number of benzene rings is 2. The number of carbonyl (C=O) groups excluding carboxylic acids is 3. The fourth-order valence-corrected chi connectivity index (χ4v) is 6.62. The number of rotatable bonds is 3. The lowest BCUT2D eigenvalue weighted by Crippen LogP contribution is -2.54. The summed E-state index contributed by atoms with van der Waals surface area (Å²) in [5.74, 6) is -3.06. The Bertz CT molecular complexity index is 1240. The van der Waals surface area contributed by atoms with Crippen LogP contribution in [-0.2, 0) is 26.3 Å². The molecule has 176 valence electrons. The van der Waals surface area contributed by atoms with Crippen LogP contribution in [0.3, 0.4) is 0 Å². The van der Waals surface area contributed by atoms with Gasteiger partial charge in [-0.1, -0.05) is 30.5 Å². The molecule has 4 aliphatic rings. The number of imide groups is 1. The summed E-state index contributed by atoms with van der Waals surface area (Å²) < 4.78 is 0. The van der Waals surface area contributed by atoms with E-state index in [2.05, 4.69) is 10.6 Å². The van der Waals surface area contributed by atoms with E-state index in [1.807, 2.05) is 0 Å². The molecule has 3 amide bonds. The van der Waals surface area contributed by atoms with Crippen molar-refractivity contribution in [1.29, 1.82) is 0 Å². The minimum atomic E-state index is -1.41. The Kier molecular flexibility index (Phi) is 4.70. The molecule has 2 saturated heterocycles. The van der Waals surface area contributed by atoms with Crippen molar-refractivity contribution in [2.75, 3.05) is 5.32 Å².